The number of hydrogen-bond donors (Lipinski definition) is 0. The fourth-order valence-electron chi connectivity index (χ4n) is 0.977. The van der Waals surface area contributed by atoms with Gasteiger partial charge in [0.2, 0.25) is 0 Å². The lowest BCUT2D eigenvalue weighted by molar-refractivity contribution is -0.0503. The standard InChI is InChI=1S/C9H10F2OS/c1-6-5-7(13-2)3-4-8(6)12-9(10)11/h3-5,9H,1-2H3. The molecule has 1 aromatic carbocycles. The zero-order valence-corrected chi connectivity index (χ0v) is 8.20. The smallest absolute Gasteiger partial charge is 0.387 e. The van der Waals surface area contributed by atoms with Crippen molar-refractivity contribution in [1.82, 2.24) is 0 Å². The zero-order valence-electron chi connectivity index (χ0n) is 7.38. The fraction of sp³-hybridized carbons (Fsp3) is 0.333. The maximum Gasteiger partial charge on any atom is 0.387 e. The second-order valence-corrected chi connectivity index (χ2v) is 3.39. The summed E-state index contributed by atoms with van der Waals surface area (Å²) in [5.41, 5.74) is 0.729. The minimum Gasteiger partial charge on any atom is -0.435 e. The van der Waals surface area contributed by atoms with E-state index in [-0.39, 0.29) is 5.75 Å². The van der Waals surface area contributed by atoms with Gasteiger partial charge >= 0.3 is 6.61 Å². The Hall–Kier alpha value is -0.770. The summed E-state index contributed by atoms with van der Waals surface area (Å²) in [6, 6.07) is 5.14. The third kappa shape index (κ3) is 2.88. The molecule has 0 aliphatic rings. The molecule has 0 atom stereocenters. The average Bonchev–Trinajstić information content (AvgIpc) is 2.08. The summed E-state index contributed by atoms with van der Waals surface area (Å²) in [5, 5.41) is 0. The Morgan fingerprint density at radius 2 is 2.08 bits per heavy atom. The number of benzene rings is 1. The number of alkyl halides is 2. The first kappa shape index (κ1) is 10.3. The molecule has 4 heteroatoms. The molecule has 0 radical (unpaired) electrons. The van der Waals surface area contributed by atoms with E-state index >= 15 is 0 Å². The van der Waals surface area contributed by atoms with Crippen molar-refractivity contribution < 1.29 is 13.5 Å². The monoisotopic (exact) mass is 204 g/mol. The maximum atomic E-state index is 11.9. The Balaban J connectivity index is 2.85. The van der Waals surface area contributed by atoms with Crippen molar-refractivity contribution >= 4 is 11.8 Å². The van der Waals surface area contributed by atoms with Gasteiger partial charge in [-0.2, -0.15) is 8.78 Å². The number of thioether (sulfide) groups is 1. The Labute approximate surface area is 80.1 Å². The molecule has 0 amide bonds. The first-order valence-corrected chi connectivity index (χ1v) is 4.95. The van der Waals surface area contributed by atoms with Crippen LogP contribution in [0.3, 0.4) is 0 Å². The summed E-state index contributed by atoms with van der Waals surface area (Å²) in [6.45, 7) is -1.00. The van der Waals surface area contributed by atoms with Gasteiger partial charge in [0.15, 0.2) is 0 Å². The van der Waals surface area contributed by atoms with Crippen LogP contribution in [-0.2, 0) is 0 Å². The van der Waals surface area contributed by atoms with E-state index in [9.17, 15) is 8.78 Å². The molecule has 0 saturated carbocycles. The predicted octanol–water partition coefficient (Wildman–Crippen LogP) is 3.32. The number of halogens is 2. The highest BCUT2D eigenvalue weighted by atomic mass is 32.2. The van der Waals surface area contributed by atoms with E-state index in [0.29, 0.717) is 0 Å². The van der Waals surface area contributed by atoms with E-state index in [2.05, 4.69) is 4.74 Å². The Morgan fingerprint density at radius 1 is 1.38 bits per heavy atom. The molecule has 0 fully saturated rings. The third-order valence-electron chi connectivity index (χ3n) is 1.60. The molecule has 0 bridgehead atoms. The van der Waals surface area contributed by atoms with Gasteiger partial charge in [0.05, 0.1) is 0 Å². The average molecular weight is 204 g/mol. The summed E-state index contributed by atoms with van der Waals surface area (Å²) in [7, 11) is 0. The van der Waals surface area contributed by atoms with Crippen molar-refractivity contribution in [2.45, 2.75) is 18.4 Å². The number of rotatable bonds is 3. The molecule has 0 aliphatic heterocycles. The van der Waals surface area contributed by atoms with Crippen molar-refractivity contribution in [1.29, 1.82) is 0 Å². The van der Waals surface area contributed by atoms with E-state index in [4.69, 9.17) is 0 Å². The Morgan fingerprint density at radius 3 is 2.54 bits per heavy atom. The van der Waals surface area contributed by atoms with E-state index < -0.39 is 6.61 Å². The number of hydrogen-bond acceptors (Lipinski definition) is 2. The highest BCUT2D eigenvalue weighted by molar-refractivity contribution is 7.98. The zero-order chi connectivity index (χ0) is 9.84. The van der Waals surface area contributed by atoms with Gasteiger partial charge in [0.1, 0.15) is 5.75 Å². The lowest BCUT2D eigenvalue weighted by Crippen LogP contribution is -2.03. The molecular weight excluding hydrogens is 194 g/mol. The Bertz CT molecular complexity index is 289. The van der Waals surface area contributed by atoms with Crippen molar-refractivity contribution in [3.8, 4) is 5.75 Å². The van der Waals surface area contributed by atoms with Gasteiger partial charge < -0.3 is 4.74 Å². The molecule has 1 nitrogen and oxygen atoms in total. The van der Waals surface area contributed by atoms with Crippen LogP contribution in [0.2, 0.25) is 0 Å². The molecular formula is C9H10F2OS. The molecule has 0 heterocycles. The summed E-state index contributed by atoms with van der Waals surface area (Å²) in [6.07, 6.45) is 1.93. The number of aryl methyl sites for hydroxylation is 1. The number of ether oxygens (including phenoxy) is 1. The van der Waals surface area contributed by atoms with Gasteiger partial charge in [-0.05, 0) is 36.9 Å². The van der Waals surface area contributed by atoms with E-state index in [1.54, 1.807) is 30.8 Å². The van der Waals surface area contributed by atoms with Gasteiger partial charge in [-0.15, -0.1) is 11.8 Å². The maximum absolute atomic E-state index is 11.9. The quantitative estimate of drug-likeness (QED) is 0.698. The van der Waals surface area contributed by atoms with Crippen molar-refractivity contribution in [3.05, 3.63) is 23.8 Å². The minimum absolute atomic E-state index is 0.243. The van der Waals surface area contributed by atoms with Crippen LogP contribution in [0.1, 0.15) is 5.56 Å². The summed E-state index contributed by atoms with van der Waals surface area (Å²) >= 11 is 1.57. The van der Waals surface area contributed by atoms with Gasteiger partial charge in [0.25, 0.3) is 0 Å². The van der Waals surface area contributed by atoms with Crippen molar-refractivity contribution in [2.24, 2.45) is 0 Å². The van der Waals surface area contributed by atoms with E-state index in [0.717, 1.165) is 10.5 Å². The molecule has 0 N–H and O–H groups in total. The summed E-state index contributed by atoms with van der Waals surface area (Å²) in [4.78, 5) is 1.04. The first-order valence-electron chi connectivity index (χ1n) is 3.73. The lowest BCUT2D eigenvalue weighted by Gasteiger charge is -2.08. The third-order valence-corrected chi connectivity index (χ3v) is 2.32. The summed E-state index contributed by atoms with van der Waals surface area (Å²) in [5.74, 6) is 0.243. The molecule has 0 spiro atoms. The lowest BCUT2D eigenvalue weighted by atomic mass is 10.2. The van der Waals surface area contributed by atoms with Crippen molar-refractivity contribution in [2.75, 3.05) is 6.26 Å². The molecule has 13 heavy (non-hydrogen) atoms. The molecule has 0 aliphatic carbocycles. The van der Waals surface area contributed by atoms with Crippen LogP contribution in [0.15, 0.2) is 23.1 Å². The molecule has 72 valence electrons. The van der Waals surface area contributed by atoms with Crippen LogP contribution >= 0.6 is 11.8 Å². The first-order chi connectivity index (χ1) is 6.13. The largest absolute Gasteiger partial charge is 0.435 e. The van der Waals surface area contributed by atoms with Crippen LogP contribution in [0.4, 0.5) is 8.78 Å². The van der Waals surface area contributed by atoms with Crippen molar-refractivity contribution in [3.63, 3.8) is 0 Å². The van der Waals surface area contributed by atoms with Crippen LogP contribution in [0, 0.1) is 6.92 Å². The van der Waals surface area contributed by atoms with Gasteiger partial charge in [0, 0.05) is 4.90 Å². The Kier molecular flexibility index (Phi) is 3.54. The normalized spacial score (nSPS) is 10.5. The molecule has 1 rings (SSSR count). The fourth-order valence-corrected chi connectivity index (χ4v) is 1.48. The van der Waals surface area contributed by atoms with Crippen LogP contribution in [-0.4, -0.2) is 12.9 Å². The van der Waals surface area contributed by atoms with Crippen LogP contribution < -0.4 is 4.74 Å². The van der Waals surface area contributed by atoms with Crippen LogP contribution in [0.25, 0.3) is 0 Å². The highest BCUT2D eigenvalue weighted by Crippen LogP contribution is 2.25. The molecule has 0 unspecified atom stereocenters. The second kappa shape index (κ2) is 4.46. The van der Waals surface area contributed by atoms with E-state index in [1.165, 1.54) is 0 Å². The summed E-state index contributed by atoms with van der Waals surface area (Å²) < 4.78 is 28.0. The highest BCUT2D eigenvalue weighted by Gasteiger charge is 2.06. The van der Waals surface area contributed by atoms with Crippen LogP contribution in [0.5, 0.6) is 5.75 Å². The molecule has 0 saturated heterocycles. The minimum atomic E-state index is -2.75. The SMILES string of the molecule is CSc1ccc(OC(F)F)c(C)c1. The van der Waals surface area contributed by atoms with Gasteiger partial charge in [-0.3, -0.25) is 0 Å². The van der Waals surface area contributed by atoms with E-state index in [1.807, 2.05) is 12.3 Å². The van der Waals surface area contributed by atoms with Gasteiger partial charge in [-0.1, -0.05) is 0 Å². The van der Waals surface area contributed by atoms with Gasteiger partial charge in [-0.25, -0.2) is 0 Å². The second-order valence-electron chi connectivity index (χ2n) is 2.51. The predicted molar refractivity (Wildman–Crippen MR) is 49.6 cm³/mol. The molecule has 1 aromatic rings. The molecule has 0 aromatic heterocycles. The topological polar surface area (TPSA) is 9.23 Å².